The quantitative estimate of drug-likeness (QED) is 0.809. The maximum Gasteiger partial charge on any atom is 0.247 e. The van der Waals surface area contributed by atoms with Crippen molar-refractivity contribution >= 4 is 5.91 Å². The monoisotopic (exact) mass is 406 g/mol. The number of ether oxygens (including phenoxy) is 1. The van der Waals surface area contributed by atoms with Gasteiger partial charge in [0.2, 0.25) is 5.91 Å². The molecule has 2 atom stereocenters. The second kappa shape index (κ2) is 8.38. The summed E-state index contributed by atoms with van der Waals surface area (Å²) in [5.41, 5.74) is 7.99. The van der Waals surface area contributed by atoms with Crippen LogP contribution in [-0.4, -0.2) is 42.6 Å². The van der Waals surface area contributed by atoms with Gasteiger partial charge in [0.25, 0.3) is 0 Å². The third-order valence-corrected chi connectivity index (χ3v) is 7.87. The molecule has 5 rings (SSSR count). The Balaban J connectivity index is 1.44. The van der Waals surface area contributed by atoms with Crippen molar-refractivity contribution in [2.45, 2.75) is 68.9 Å². The number of nitrogens with two attached hydrogens (primary N) is 1. The maximum absolute atomic E-state index is 11.7. The Labute approximate surface area is 178 Å². The summed E-state index contributed by atoms with van der Waals surface area (Å²) in [7, 11) is 0. The second-order valence-electron chi connectivity index (χ2n) is 9.43. The van der Waals surface area contributed by atoms with Gasteiger partial charge in [-0.2, -0.15) is 10.5 Å². The SMILES string of the molecule is N#Cc1ccc(C23CCC(C[C@@H](C#N)N4CCCOC(C(N)=O)C4)(CC2)CC3)cc1. The Bertz CT molecular complexity index is 842. The predicted octanol–water partition coefficient (Wildman–Crippen LogP) is 3.01. The number of hydrogen-bond acceptors (Lipinski definition) is 5. The van der Waals surface area contributed by atoms with Gasteiger partial charge >= 0.3 is 0 Å². The van der Waals surface area contributed by atoms with Crippen molar-refractivity contribution < 1.29 is 9.53 Å². The normalized spacial score (nSPS) is 32.5. The molecule has 4 aliphatic rings. The molecule has 6 nitrogen and oxygen atoms in total. The zero-order valence-electron chi connectivity index (χ0n) is 17.5. The molecule has 0 radical (unpaired) electrons. The van der Waals surface area contributed by atoms with Gasteiger partial charge in [0.1, 0.15) is 6.10 Å². The molecule has 0 spiro atoms. The molecule has 1 amide bonds. The number of hydrogen-bond donors (Lipinski definition) is 1. The lowest BCUT2D eigenvalue weighted by atomic mass is 9.50. The van der Waals surface area contributed by atoms with Crippen LogP contribution in [0.5, 0.6) is 0 Å². The number of fused-ring (bicyclic) bond motifs is 3. The standard InChI is InChI=1S/C24H30N4O2/c25-15-18-2-4-19(5-3-18)24-9-6-23(7-10-24,8-11-24)14-20(16-26)28-12-1-13-30-21(17-28)22(27)29/h2-5,20-21H,1,6-14,17H2,(H2,27,29)/t20-,21?,23?,24?/m0/s1. The van der Waals surface area contributed by atoms with E-state index in [-0.39, 0.29) is 16.9 Å². The highest BCUT2D eigenvalue weighted by atomic mass is 16.5. The van der Waals surface area contributed by atoms with Gasteiger partial charge in [0.15, 0.2) is 0 Å². The van der Waals surface area contributed by atoms with E-state index in [1.807, 2.05) is 12.1 Å². The van der Waals surface area contributed by atoms with Crippen LogP contribution in [0.3, 0.4) is 0 Å². The van der Waals surface area contributed by atoms with Gasteiger partial charge in [-0.15, -0.1) is 0 Å². The van der Waals surface area contributed by atoms with Gasteiger partial charge in [-0.1, -0.05) is 12.1 Å². The van der Waals surface area contributed by atoms with Gasteiger partial charge < -0.3 is 10.5 Å². The van der Waals surface area contributed by atoms with Crippen molar-refractivity contribution in [3.8, 4) is 12.1 Å². The third kappa shape index (κ3) is 3.95. The van der Waals surface area contributed by atoms with Crippen molar-refractivity contribution in [1.29, 1.82) is 10.5 Å². The van der Waals surface area contributed by atoms with Crippen LogP contribution >= 0.6 is 0 Å². The number of carbonyl (C=O) groups is 1. The third-order valence-electron chi connectivity index (χ3n) is 7.87. The van der Waals surface area contributed by atoms with Gasteiger partial charge in [-0.3, -0.25) is 9.69 Å². The van der Waals surface area contributed by atoms with Gasteiger partial charge in [0.05, 0.1) is 23.7 Å². The first-order valence-corrected chi connectivity index (χ1v) is 11.0. The minimum Gasteiger partial charge on any atom is -0.367 e. The molecule has 30 heavy (non-hydrogen) atoms. The minimum absolute atomic E-state index is 0.200. The molecular formula is C24H30N4O2. The Morgan fingerprint density at radius 2 is 1.83 bits per heavy atom. The number of nitriles is 2. The smallest absolute Gasteiger partial charge is 0.247 e. The molecular weight excluding hydrogens is 376 g/mol. The lowest BCUT2D eigenvalue weighted by Gasteiger charge is -2.55. The molecule has 6 heteroatoms. The van der Waals surface area contributed by atoms with E-state index < -0.39 is 12.0 Å². The molecule has 2 bridgehead atoms. The summed E-state index contributed by atoms with van der Waals surface area (Å²) in [6, 6.07) is 12.7. The summed E-state index contributed by atoms with van der Waals surface area (Å²) >= 11 is 0. The van der Waals surface area contributed by atoms with Crippen molar-refractivity contribution in [1.82, 2.24) is 4.90 Å². The fourth-order valence-electron chi connectivity index (χ4n) is 5.87. The van der Waals surface area contributed by atoms with Crippen LogP contribution in [0.4, 0.5) is 0 Å². The molecule has 3 aliphatic carbocycles. The first-order chi connectivity index (χ1) is 14.5. The van der Waals surface area contributed by atoms with Gasteiger partial charge in [-0.05, 0) is 79.9 Å². The highest BCUT2D eigenvalue weighted by Crippen LogP contribution is 2.59. The molecule has 1 heterocycles. The highest BCUT2D eigenvalue weighted by molar-refractivity contribution is 5.79. The topological polar surface area (TPSA) is 103 Å². The summed E-state index contributed by atoms with van der Waals surface area (Å²) in [5, 5.41) is 19.0. The number of rotatable bonds is 5. The van der Waals surface area contributed by atoms with E-state index in [0.717, 1.165) is 57.9 Å². The molecule has 0 aromatic heterocycles. The molecule has 158 valence electrons. The Kier molecular flexibility index (Phi) is 5.82. The minimum atomic E-state index is -0.623. The zero-order valence-corrected chi connectivity index (χ0v) is 17.5. The molecule has 4 fully saturated rings. The average molecular weight is 407 g/mol. The summed E-state index contributed by atoms with van der Waals surface area (Å²) in [4.78, 5) is 13.8. The fourth-order valence-corrected chi connectivity index (χ4v) is 5.87. The van der Waals surface area contributed by atoms with Crippen LogP contribution in [0.15, 0.2) is 24.3 Å². The van der Waals surface area contributed by atoms with Gasteiger partial charge in [-0.25, -0.2) is 0 Å². The van der Waals surface area contributed by atoms with Crippen molar-refractivity contribution in [2.24, 2.45) is 11.1 Å². The van der Waals surface area contributed by atoms with Crippen LogP contribution in [-0.2, 0) is 14.9 Å². The van der Waals surface area contributed by atoms with Crippen molar-refractivity contribution in [3.63, 3.8) is 0 Å². The van der Waals surface area contributed by atoms with Crippen LogP contribution < -0.4 is 5.73 Å². The first kappa shape index (κ1) is 20.8. The maximum atomic E-state index is 11.7. The lowest BCUT2D eigenvalue weighted by Crippen LogP contribution is -2.49. The Hall–Kier alpha value is -2.41. The lowest BCUT2D eigenvalue weighted by molar-refractivity contribution is -0.129. The molecule has 1 saturated heterocycles. The Morgan fingerprint density at radius 3 is 2.40 bits per heavy atom. The number of primary amides is 1. The number of benzene rings is 1. The van der Waals surface area contributed by atoms with E-state index in [4.69, 9.17) is 15.7 Å². The van der Waals surface area contributed by atoms with E-state index in [0.29, 0.717) is 18.7 Å². The highest BCUT2D eigenvalue weighted by Gasteiger charge is 2.50. The van der Waals surface area contributed by atoms with E-state index in [1.54, 1.807) is 0 Å². The van der Waals surface area contributed by atoms with Crippen molar-refractivity contribution in [2.75, 3.05) is 19.7 Å². The van der Waals surface area contributed by atoms with E-state index in [1.165, 1.54) is 5.56 Å². The first-order valence-electron chi connectivity index (χ1n) is 11.0. The zero-order chi connectivity index (χ0) is 21.2. The molecule has 3 saturated carbocycles. The molecule has 1 aromatic rings. The summed E-state index contributed by atoms with van der Waals surface area (Å²) in [5.74, 6) is -0.445. The van der Waals surface area contributed by atoms with Crippen LogP contribution in [0.1, 0.15) is 62.5 Å². The largest absolute Gasteiger partial charge is 0.367 e. The molecule has 2 N–H and O–H groups in total. The van der Waals surface area contributed by atoms with Crippen LogP contribution in [0, 0.1) is 28.1 Å². The Morgan fingerprint density at radius 1 is 1.17 bits per heavy atom. The van der Waals surface area contributed by atoms with Gasteiger partial charge in [0, 0.05) is 19.7 Å². The van der Waals surface area contributed by atoms with E-state index in [9.17, 15) is 10.1 Å². The summed E-state index contributed by atoms with van der Waals surface area (Å²) < 4.78 is 5.57. The van der Waals surface area contributed by atoms with Crippen LogP contribution in [0.2, 0.25) is 0 Å². The molecule has 1 aromatic carbocycles. The van der Waals surface area contributed by atoms with E-state index in [2.05, 4.69) is 29.2 Å². The summed E-state index contributed by atoms with van der Waals surface area (Å²) in [6.07, 6.45) is 7.88. The fraction of sp³-hybridized carbons (Fsp3) is 0.625. The molecule has 1 aliphatic heterocycles. The predicted molar refractivity (Wildman–Crippen MR) is 112 cm³/mol. The van der Waals surface area contributed by atoms with Crippen molar-refractivity contribution in [3.05, 3.63) is 35.4 Å². The van der Waals surface area contributed by atoms with E-state index >= 15 is 0 Å². The van der Waals surface area contributed by atoms with Crippen LogP contribution in [0.25, 0.3) is 0 Å². The number of amides is 1. The second-order valence-corrected chi connectivity index (χ2v) is 9.43. The number of nitrogens with zero attached hydrogens (tertiary/aromatic N) is 3. The average Bonchev–Trinajstić information content (AvgIpc) is 3.05. The number of carbonyl (C=O) groups excluding carboxylic acids is 1. The summed E-state index contributed by atoms with van der Waals surface area (Å²) in [6.45, 7) is 1.70. The molecule has 1 unspecified atom stereocenters.